The molecule has 0 unspecified atom stereocenters. The molecule has 1 amide bonds. The summed E-state index contributed by atoms with van der Waals surface area (Å²) in [6.07, 6.45) is 2.65. The van der Waals surface area contributed by atoms with Gasteiger partial charge in [-0.1, -0.05) is 38.0 Å². The standard InChI is InChI=1S/C20H26N2O3/c1-5-6-12-16-17(19(23)22-15-10-8-7-9-11-15)13(2)21-14(3)18(16)20(24)25-4/h7-11,16,21H,5-6,12H2,1-4H3,(H,22,23)/t16-/m1/s1. The third kappa shape index (κ3) is 4.29. The molecule has 0 spiro atoms. The predicted molar refractivity (Wildman–Crippen MR) is 98.6 cm³/mol. The number of benzene rings is 1. The molecule has 0 aliphatic carbocycles. The number of carbonyl (C=O) groups excluding carboxylic acids is 2. The van der Waals surface area contributed by atoms with Crippen LogP contribution in [0.5, 0.6) is 0 Å². The number of para-hydroxylation sites is 1. The van der Waals surface area contributed by atoms with E-state index < -0.39 is 0 Å². The molecule has 1 atom stereocenters. The molecule has 2 N–H and O–H groups in total. The van der Waals surface area contributed by atoms with Crippen molar-refractivity contribution in [3.8, 4) is 0 Å². The van der Waals surface area contributed by atoms with Crippen molar-refractivity contribution in [2.24, 2.45) is 5.92 Å². The van der Waals surface area contributed by atoms with Gasteiger partial charge >= 0.3 is 5.97 Å². The van der Waals surface area contributed by atoms with E-state index in [0.717, 1.165) is 36.3 Å². The minimum atomic E-state index is -0.386. The monoisotopic (exact) mass is 342 g/mol. The number of nitrogens with one attached hydrogen (secondary N) is 2. The summed E-state index contributed by atoms with van der Waals surface area (Å²) in [7, 11) is 1.37. The number of rotatable bonds is 6. The molecule has 1 aromatic carbocycles. The summed E-state index contributed by atoms with van der Waals surface area (Å²) in [5.41, 5.74) is 3.40. The number of unbranched alkanes of at least 4 members (excludes halogenated alkanes) is 1. The fourth-order valence-corrected chi connectivity index (χ4v) is 3.23. The number of hydrogen-bond acceptors (Lipinski definition) is 4. The Balaban J connectivity index is 2.36. The van der Waals surface area contributed by atoms with Gasteiger partial charge in [0.05, 0.1) is 12.7 Å². The lowest BCUT2D eigenvalue weighted by atomic mass is 9.81. The summed E-state index contributed by atoms with van der Waals surface area (Å²) in [6.45, 7) is 5.81. The molecular formula is C20H26N2O3. The van der Waals surface area contributed by atoms with E-state index in [1.807, 2.05) is 44.2 Å². The molecule has 0 saturated carbocycles. The van der Waals surface area contributed by atoms with Crippen molar-refractivity contribution >= 4 is 17.6 Å². The second kappa shape index (κ2) is 8.51. The zero-order chi connectivity index (χ0) is 18.4. The minimum absolute atomic E-state index is 0.189. The first-order chi connectivity index (χ1) is 12.0. The molecule has 0 bridgehead atoms. The third-order valence-electron chi connectivity index (χ3n) is 4.41. The maximum Gasteiger partial charge on any atom is 0.336 e. The number of ether oxygens (including phenoxy) is 1. The molecule has 0 fully saturated rings. The molecule has 1 aliphatic heterocycles. The highest BCUT2D eigenvalue weighted by Gasteiger charge is 2.35. The van der Waals surface area contributed by atoms with Crippen molar-refractivity contribution in [1.29, 1.82) is 0 Å². The van der Waals surface area contributed by atoms with Gasteiger partial charge in [-0.25, -0.2) is 4.79 Å². The summed E-state index contributed by atoms with van der Waals surface area (Å²) in [5.74, 6) is -0.841. The second-order valence-electron chi connectivity index (χ2n) is 6.21. The van der Waals surface area contributed by atoms with Crippen molar-refractivity contribution in [2.75, 3.05) is 12.4 Å². The first-order valence-electron chi connectivity index (χ1n) is 8.62. The fourth-order valence-electron chi connectivity index (χ4n) is 3.23. The Bertz CT molecular complexity index is 705. The van der Waals surface area contributed by atoms with Crippen molar-refractivity contribution in [1.82, 2.24) is 5.32 Å². The van der Waals surface area contributed by atoms with Crippen LogP contribution in [0.2, 0.25) is 0 Å². The number of esters is 1. The molecule has 134 valence electrons. The van der Waals surface area contributed by atoms with Gasteiger partial charge in [0.15, 0.2) is 0 Å². The average molecular weight is 342 g/mol. The topological polar surface area (TPSA) is 67.4 Å². The van der Waals surface area contributed by atoms with Gasteiger partial charge in [-0.15, -0.1) is 0 Å². The predicted octanol–water partition coefficient (Wildman–Crippen LogP) is 3.76. The zero-order valence-electron chi connectivity index (χ0n) is 15.3. The summed E-state index contributed by atoms with van der Waals surface area (Å²) in [4.78, 5) is 25.2. The first kappa shape index (κ1) is 18.8. The smallest absolute Gasteiger partial charge is 0.336 e. The maximum atomic E-state index is 12.9. The SMILES string of the molecule is CCCC[C@@H]1C(C(=O)Nc2ccccc2)=C(C)NC(C)=C1C(=O)OC. The van der Waals surface area contributed by atoms with Gasteiger partial charge in [-0.05, 0) is 32.4 Å². The van der Waals surface area contributed by atoms with Gasteiger partial charge < -0.3 is 15.4 Å². The zero-order valence-corrected chi connectivity index (χ0v) is 15.3. The summed E-state index contributed by atoms with van der Waals surface area (Å²) < 4.78 is 4.96. The van der Waals surface area contributed by atoms with E-state index in [1.54, 1.807) is 0 Å². The van der Waals surface area contributed by atoms with E-state index in [9.17, 15) is 9.59 Å². The average Bonchev–Trinajstić information content (AvgIpc) is 2.59. The van der Waals surface area contributed by atoms with Crippen LogP contribution in [0.3, 0.4) is 0 Å². The number of carbonyl (C=O) groups is 2. The Labute approximate surface area is 149 Å². The number of amides is 1. The van der Waals surface area contributed by atoms with Crippen LogP contribution < -0.4 is 10.6 Å². The Hall–Kier alpha value is -2.56. The summed E-state index contributed by atoms with van der Waals surface area (Å²) >= 11 is 0. The molecular weight excluding hydrogens is 316 g/mol. The molecule has 25 heavy (non-hydrogen) atoms. The minimum Gasteiger partial charge on any atom is -0.466 e. The molecule has 1 aliphatic rings. The Morgan fingerprint density at radius 2 is 1.76 bits per heavy atom. The van der Waals surface area contributed by atoms with Crippen LogP contribution in [-0.2, 0) is 14.3 Å². The van der Waals surface area contributed by atoms with Crippen LogP contribution >= 0.6 is 0 Å². The van der Waals surface area contributed by atoms with E-state index >= 15 is 0 Å². The highest BCUT2D eigenvalue weighted by atomic mass is 16.5. The fraction of sp³-hybridized carbons (Fsp3) is 0.400. The Morgan fingerprint density at radius 1 is 1.12 bits per heavy atom. The van der Waals surface area contributed by atoms with Gasteiger partial charge in [0.1, 0.15) is 0 Å². The van der Waals surface area contributed by atoms with E-state index in [4.69, 9.17) is 4.74 Å². The molecule has 1 aromatic rings. The molecule has 5 heteroatoms. The van der Waals surface area contributed by atoms with E-state index in [-0.39, 0.29) is 17.8 Å². The van der Waals surface area contributed by atoms with Crippen LogP contribution in [0.25, 0.3) is 0 Å². The van der Waals surface area contributed by atoms with Crippen LogP contribution in [-0.4, -0.2) is 19.0 Å². The highest BCUT2D eigenvalue weighted by molar-refractivity contribution is 6.07. The van der Waals surface area contributed by atoms with E-state index in [2.05, 4.69) is 17.6 Å². The van der Waals surface area contributed by atoms with Crippen molar-refractivity contribution in [3.63, 3.8) is 0 Å². The van der Waals surface area contributed by atoms with Crippen molar-refractivity contribution in [3.05, 3.63) is 52.9 Å². The molecule has 2 rings (SSSR count). The van der Waals surface area contributed by atoms with Crippen molar-refractivity contribution in [2.45, 2.75) is 40.0 Å². The molecule has 0 radical (unpaired) electrons. The number of hydrogen-bond donors (Lipinski definition) is 2. The number of methoxy groups -OCH3 is 1. The van der Waals surface area contributed by atoms with Crippen LogP contribution in [0.4, 0.5) is 5.69 Å². The van der Waals surface area contributed by atoms with Gasteiger partial charge in [0.2, 0.25) is 0 Å². The molecule has 0 saturated heterocycles. The highest BCUT2D eigenvalue weighted by Crippen LogP contribution is 2.34. The maximum absolute atomic E-state index is 12.9. The largest absolute Gasteiger partial charge is 0.466 e. The van der Waals surface area contributed by atoms with E-state index in [1.165, 1.54) is 7.11 Å². The quantitative estimate of drug-likeness (QED) is 0.773. The lowest BCUT2D eigenvalue weighted by Gasteiger charge is -2.30. The second-order valence-corrected chi connectivity index (χ2v) is 6.21. The van der Waals surface area contributed by atoms with Gasteiger partial charge in [0.25, 0.3) is 5.91 Å². The lowest BCUT2D eigenvalue weighted by Crippen LogP contribution is -2.34. The van der Waals surface area contributed by atoms with Gasteiger partial charge in [0, 0.05) is 28.6 Å². The van der Waals surface area contributed by atoms with Gasteiger partial charge in [-0.2, -0.15) is 0 Å². The normalized spacial score (nSPS) is 17.2. The van der Waals surface area contributed by atoms with Crippen LogP contribution in [0.1, 0.15) is 40.0 Å². The lowest BCUT2D eigenvalue weighted by molar-refractivity contribution is -0.136. The van der Waals surface area contributed by atoms with Gasteiger partial charge in [-0.3, -0.25) is 4.79 Å². The summed E-state index contributed by atoms with van der Waals surface area (Å²) in [6, 6.07) is 9.32. The van der Waals surface area contributed by atoms with Crippen LogP contribution in [0, 0.1) is 5.92 Å². The molecule has 0 aromatic heterocycles. The Morgan fingerprint density at radius 3 is 2.36 bits per heavy atom. The number of allylic oxidation sites excluding steroid dienone is 2. The van der Waals surface area contributed by atoms with Crippen molar-refractivity contribution < 1.29 is 14.3 Å². The summed E-state index contributed by atoms with van der Waals surface area (Å²) in [5, 5.41) is 6.09. The molecule has 1 heterocycles. The van der Waals surface area contributed by atoms with Crippen LogP contribution in [0.15, 0.2) is 52.9 Å². The molecule has 5 nitrogen and oxygen atoms in total. The number of anilines is 1. The van der Waals surface area contributed by atoms with E-state index in [0.29, 0.717) is 11.1 Å². The first-order valence-corrected chi connectivity index (χ1v) is 8.62. The number of dihydropyridines is 1. The Kier molecular flexibility index (Phi) is 6.39. The third-order valence-corrected chi connectivity index (χ3v) is 4.41.